The molecule has 124 valence electrons. The van der Waals surface area contributed by atoms with Gasteiger partial charge in [0.05, 0.1) is 0 Å². The molecule has 2 saturated heterocycles. The molecule has 2 fully saturated rings. The van der Waals surface area contributed by atoms with Gasteiger partial charge in [-0.25, -0.2) is 4.79 Å². The SMILES string of the molecule is O=C(O)[C@H]1CC[C@@H](C(=O)N2CCC(c3ccc(Br)cc3)CC2)O1. The number of nitrogens with zero attached hydrogens (tertiary/aromatic N) is 1. The Morgan fingerprint density at radius 3 is 2.22 bits per heavy atom. The molecule has 0 saturated carbocycles. The van der Waals surface area contributed by atoms with Crippen LogP contribution in [-0.4, -0.2) is 47.2 Å². The Morgan fingerprint density at radius 1 is 1.04 bits per heavy atom. The van der Waals surface area contributed by atoms with E-state index in [-0.39, 0.29) is 5.91 Å². The molecule has 1 N–H and O–H groups in total. The van der Waals surface area contributed by atoms with Gasteiger partial charge in [-0.15, -0.1) is 0 Å². The number of carbonyl (C=O) groups is 2. The number of rotatable bonds is 3. The van der Waals surface area contributed by atoms with Gasteiger partial charge >= 0.3 is 5.97 Å². The van der Waals surface area contributed by atoms with Gasteiger partial charge in [-0.3, -0.25) is 4.79 Å². The highest BCUT2D eigenvalue weighted by Crippen LogP contribution is 2.30. The Morgan fingerprint density at radius 2 is 1.65 bits per heavy atom. The number of halogens is 1. The van der Waals surface area contributed by atoms with E-state index >= 15 is 0 Å². The first-order valence-corrected chi connectivity index (χ1v) is 8.76. The molecule has 0 bridgehead atoms. The van der Waals surface area contributed by atoms with Gasteiger partial charge in [-0.1, -0.05) is 28.1 Å². The molecule has 0 unspecified atom stereocenters. The van der Waals surface area contributed by atoms with Gasteiger partial charge < -0.3 is 14.7 Å². The molecule has 1 aromatic rings. The predicted octanol–water partition coefficient (Wildman–Crippen LogP) is 2.79. The Hall–Kier alpha value is -1.40. The molecule has 0 aromatic heterocycles. The molecule has 5 nitrogen and oxygen atoms in total. The van der Waals surface area contributed by atoms with Crippen LogP contribution in [0.1, 0.15) is 37.2 Å². The van der Waals surface area contributed by atoms with Crippen LogP contribution in [0.25, 0.3) is 0 Å². The molecular formula is C17H20BrNO4. The van der Waals surface area contributed by atoms with Gasteiger partial charge in [0.1, 0.15) is 6.10 Å². The molecule has 1 aromatic carbocycles. The zero-order chi connectivity index (χ0) is 16.4. The van der Waals surface area contributed by atoms with E-state index in [0.29, 0.717) is 31.8 Å². The number of aliphatic carboxylic acids is 1. The normalized spacial score (nSPS) is 25.5. The van der Waals surface area contributed by atoms with Crippen molar-refractivity contribution in [3.63, 3.8) is 0 Å². The fourth-order valence-corrected chi connectivity index (χ4v) is 3.64. The third-order valence-electron chi connectivity index (χ3n) is 4.72. The summed E-state index contributed by atoms with van der Waals surface area (Å²) >= 11 is 3.44. The lowest BCUT2D eigenvalue weighted by Gasteiger charge is -2.33. The van der Waals surface area contributed by atoms with E-state index in [0.717, 1.165) is 17.3 Å². The minimum absolute atomic E-state index is 0.0528. The standard InChI is InChI=1S/C17H20BrNO4/c18-13-3-1-11(2-4-13)12-7-9-19(10-8-12)16(20)14-5-6-15(23-14)17(21)22/h1-4,12,14-15H,5-10H2,(H,21,22)/t14-,15+/m0/s1. The molecule has 0 spiro atoms. The number of ether oxygens (including phenoxy) is 1. The summed E-state index contributed by atoms with van der Waals surface area (Å²) in [5.74, 6) is -0.555. The summed E-state index contributed by atoms with van der Waals surface area (Å²) in [4.78, 5) is 25.2. The van der Waals surface area contributed by atoms with Crippen molar-refractivity contribution in [3.05, 3.63) is 34.3 Å². The van der Waals surface area contributed by atoms with Gasteiger partial charge in [-0.2, -0.15) is 0 Å². The fourth-order valence-electron chi connectivity index (χ4n) is 3.37. The number of piperidine rings is 1. The number of carboxylic acids is 1. The second-order valence-corrected chi connectivity index (χ2v) is 7.10. The summed E-state index contributed by atoms with van der Waals surface area (Å²) in [5, 5.41) is 8.95. The monoisotopic (exact) mass is 381 g/mol. The van der Waals surface area contributed by atoms with Crippen LogP contribution in [0.4, 0.5) is 0 Å². The maximum absolute atomic E-state index is 12.5. The van der Waals surface area contributed by atoms with Crippen LogP contribution in [0.2, 0.25) is 0 Å². The molecule has 3 rings (SSSR count). The first-order chi connectivity index (χ1) is 11.0. The fraction of sp³-hybridized carbons (Fsp3) is 0.529. The first-order valence-electron chi connectivity index (χ1n) is 7.97. The minimum atomic E-state index is -0.978. The van der Waals surface area contributed by atoms with Gasteiger partial charge in [0.15, 0.2) is 6.10 Å². The largest absolute Gasteiger partial charge is 0.479 e. The van der Waals surface area contributed by atoms with Crippen LogP contribution >= 0.6 is 15.9 Å². The Bertz CT molecular complexity index is 581. The van der Waals surface area contributed by atoms with Crippen molar-refractivity contribution in [2.45, 2.75) is 43.8 Å². The Balaban J connectivity index is 1.53. The van der Waals surface area contributed by atoms with Crippen molar-refractivity contribution >= 4 is 27.8 Å². The molecule has 2 aliphatic rings. The smallest absolute Gasteiger partial charge is 0.332 e. The molecule has 2 aliphatic heterocycles. The van der Waals surface area contributed by atoms with E-state index in [2.05, 4.69) is 28.1 Å². The summed E-state index contributed by atoms with van der Waals surface area (Å²) in [7, 11) is 0. The lowest BCUT2D eigenvalue weighted by atomic mass is 9.89. The second kappa shape index (κ2) is 7.01. The minimum Gasteiger partial charge on any atom is -0.479 e. The number of amides is 1. The van der Waals surface area contributed by atoms with E-state index in [1.54, 1.807) is 0 Å². The van der Waals surface area contributed by atoms with E-state index in [9.17, 15) is 9.59 Å². The highest BCUT2D eigenvalue weighted by atomic mass is 79.9. The first kappa shape index (κ1) is 16.5. The second-order valence-electron chi connectivity index (χ2n) is 6.18. The Labute approximate surface area is 143 Å². The van der Waals surface area contributed by atoms with E-state index in [4.69, 9.17) is 9.84 Å². The molecule has 1 amide bonds. The number of carboxylic acid groups (broad SMARTS) is 1. The Kier molecular flexibility index (Phi) is 5.02. The van der Waals surface area contributed by atoms with Crippen molar-refractivity contribution in [1.29, 1.82) is 0 Å². The average Bonchev–Trinajstić information content (AvgIpc) is 3.05. The summed E-state index contributed by atoms with van der Waals surface area (Å²) in [6.07, 6.45) is 1.37. The molecule has 2 atom stereocenters. The number of hydrogen-bond acceptors (Lipinski definition) is 3. The van der Waals surface area contributed by atoms with E-state index in [1.165, 1.54) is 5.56 Å². The summed E-state index contributed by atoms with van der Waals surface area (Å²) in [6, 6.07) is 8.35. The van der Waals surface area contributed by atoms with E-state index in [1.807, 2.05) is 17.0 Å². The molecule has 23 heavy (non-hydrogen) atoms. The molecule has 2 heterocycles. The summed E-state index contributed by atoms with van der Waals surface area (Å²) < 4.78 is 6.44. The third-order valence-corrected chi connectivity index (χ3v) is 5.25. The van der Waals surface area contributed by atoms with Gasteiger partial charge in [0, 0.05) is 17.6 Å². The van der Waals surface area contributed by atoms with E-state index < -0.39 is 18.2 Å². The van der Waals surface area contributed by atoms with Crippen molar-refractivity contribution in [2.24, 2.45) is 0 Å². The van der Waals surface area contributed by atoms with Crippen LogP contribution in [0.3, 0.4) is 0 Å². The van der Waals surface area contributed by atoms with Gasteiger partial charge in [-0.05, 0) is 49.3 Å². The van der Waals surface area contributed by atoms with Crippen LogP contribution in [0, 0.1) is 0 Å². The van der Waals surface area contributed by atoms with Crippen LogP contribution in [0.5, 0.6) is 0 Å². The third kappa shape index (κ3) is 3.75. The maximum atomic E-state index is 12.5. The van der Waals surface area contributed by atoms with Crippen LogP contribution < -0.4 is 0 Å². The summed E-state index contributed by atoms with van der Waals surface area (Å²) in [5.41, 5.74) is 1.31. The zero-order valence-corrected chi connectivity index (χ0v) is 14.4. The van der Waals surface area contributed by atoms with Gasteiger partial charge in [0.25, 0.3) is 5.91 Å². The molecule has 0 aliphatic carbocycles. The summed E-state index contributed by atoms with van der Waals surface area (Å²) in [6.45, 7) is 1.41. The van der Waals surface area contributed by atoms with Crippen LogP contribution in [0.15, 0.2) is 28.7 Å². The predicted molar refractivity (Wildman–Crippen MR) is 88.2 cm³/mol. The molecule has 0 radical (unpaired) electrons. The van der Waals surface area contributed by atoms with Crippen molar-refractivity contribution < 1.29 is 19.4 Å². The average molecular weight is 382 g/mol. The number of hydrogen-bond donors (Lipinski definition) is 1. The quantitative estimate of drug-likeness (QED) is 0.873. The number of likely N-dealkylation sites (tertiary alicyclic amines) is 1. The van der Waals surface area contributed by atoms with Crippen LogP contribution in [-0.2, 0) is 14.3 Å². The number of carbonyl (C=O) groups excluding carboxylic acids is 1. The highest BCUT2D eigenvalue weighted by molar-refractivity contribution is 9.10. The number of benzene rings is 1. The molecule has 6 heteroatoms. The van der Waals surface area contributed by atoms with Crippen molar-refractivity contribution in [2.75, 3.05) is 13.1 Å². The topological polar surface area (TPSA) is 66.8 Å². The van der Waals surface area contributed by atoms with Gasteiger partial charge in [0.2, 0.25) is 0 Å². The van der Waals surface area contributed by atoms with Crippen molar-refractivity contribution in [3.8, 4) is 0 Å². The lowest BCUT2D eigenvalue weighted by Crippen LogP contribution is -2.43. The maximum Gasteiger partial charge on any atom is 0.332 e. The van der Waals surface area contributed by atoms with Crippen molar-refractivity contribution in [1.82, 2.24) is 4.90 Å². The zero-order valence-electron chi connectivity index (χ0n) is 12.8. The molecular weight excluding hydrogens is 362 g/mol. The highest BCUT2D eigenvalue weighted by Gasteiger charge is 2.37. The lowest BCUT2D eigenvalue weighted by molar-refractivity contribution is -0.155.